The number of benzene rings is 3. The van der Waals surface area contributed by atoms with Gasteiger partial charge in [-0.05, 0) is 53.4 Å². The first kappa shape index (κ1) is 19.7. The Hall–Kier alpha value is -3.01. The first-order valence-corrected chi connectivity index (χ1v) is 9.84. The van der Waals surface area contributed by atoms with Crippen LogP contribution in [-0.2, 0) is 11.2 Å². The molecule has 0 saturated carbocycles. The molecule has 0 spiro atoms. The lowest BCUT2D eigenvalue weighted by Crippen LogP contribution is -2.39. The third-order valence-corrected chi connectivity index (χ3v) is 4.66. The number of aryl methyl sites for hydroxylation is 1. The number of ether oxygens (including phenoxy) is 2. The van der Waals surface area contributed by atoms with Crippen molar-refractivity contribution in [2.24, 2.45) is 0 Å². The van der Waals surface area contributed by atoms with E-state index in [9.17, 15) is 4.79 Å². The topological polar surface area (TPSA) is 47.6 Å². The Bertz CT molecular complexity index is 905. The zero-order chi connectivity index (χ0) is 19.8. The highest BCUT2D eigenvalue weighted by molar-refractivity contribution is 5.84. The maximum atomic E-state index is 12.4. The molecule has 1 N–H and O–H groups in total. The Kier molecular flexibility index (Phi) is 6.90. The van der Waals surface area contributed by atoms with E-state index in [1.165, 1.54) is 5.56 Å². The Morgan fingerprint density at radius 1 is 0.929 bits per heavy atom. The first-order valence-electron chi connectivity index (χ1n) is 9.84. The smallest absolute Gasteiger partial charge is 0.261 e. The highest BCUT2D eigenvalue weighted by Crippen LogP contribution is 2.22. The molecule has 0 aliphatic rings. The van der Waals surface area contributed by atoms with Crippen molar-refractivity contribution in [3.05, 3.63) is 72.3 Å². The van der Waals surface area contributed by atoms with Gasteiger partial charge in [-0.1, -0.05) is 56.3 Å². The molecule has 0 aromatic heterocycles. The third kappa shape index (κ3) is 5.26. The lowest BCUT2D eigenvalue weighted by molar-refractivity contribution is -0.128. The highest BCUT2D eigenvalue weighted by Gasteiger charge is 2.18. The van der Waals surface area contributed by atoms with Crippen LogP contribution in [0.15, 0.2) is 66.7 Å². The maximum absolute atomic E-state index is 12.4. The van der Waals surface area contributed by atoms with Gasteiger partial charge in [0.25, 0.3) is 5.91 Å². The molecule has 0 unspecified atom stereocenters. The third-order valence-electron chi connectivity index (χ3n) is 4.66. The summed E-state index contributed by atoms with van der Waals surface area (Å²) in [5, 5.41) is 5.14. The van der Waals surface area contributed by atoms with E-state index in [2.05, 4.69) is 30.4 Å². The van der Waals surface area contributed by atoms with Crippen LogP contribution in [0.1, 0.15) is 25.8 Å². The number of nitrogens with one attached hydrogen (secondary N) is 1. The minimum atomic E-state index is -0.523. The van der Waals surface area contributed by atoms with Gasteiger partial charge in [0.05, 0.1) is 6.54 Å². The van der Waals surface area contributed by atoms with E-state index in [0.717, 1.165) is 22.9 Å². The van der Waals surface area contributed by atoms with Gasteiger partial charge in [-0.25, -0.2) is 0 Å². The summed E-state index contributed by atoms with van der Waals surface area (Å²) >= 11 is 0. The van der Waals surface area contributed by atoms with E-state index in [1.54, 1.807) is 0 Å². The lowest BCUT2D eigenvalue weighted by atomic mass is 10.1. The molecule has 3 aromatic carbocycles. The van der Waals surface area contributed by atoms with Crippen molar-refractivity contribution in [2.75, 3.05) is 13.2 Å². The summed E-state index contributed by atoms with van der Waals surface area (Å²) in [6, 6.07) is 22.0. The summed E-state index contributed by atoms with van der Waals surface area (Å²) in [6.07, 6.45) is 1.08. The van der Waals surface area contributed by atoms with Crippen molar-refractivity contribution in [1.82, 2.24) is 5.32 Å². The summed E-state index contributed by atoms with van der Waals surface area (Å²) in [5.41, 5.74) is 1.28. The number of fused-ring (bicyclic) bond motifs is 1. The minimum absolute atomic E-state index is 0.124. The molecule has 4 nitrogen and oxygen atoms in total. The van der Waals surface area contributed by atoms with Crippen LogP contribution in [0, 0.1) is 0 Å². The molecule has 146 valence electrons. The average molecular weight is 377 g/mol. The summed E-state index contributed by atoms with van der Waals surface area (Å²) in [4.78, 5) is 12.4. The van der Waals surface area contributed by atoms with Crippen LogP contribution in [0.3, 0.4) is 0 Å². The van der Waals surface area contributed by atoms with Gasteiger partial charge in [-0.2, -0.15) is 0 Å². The fraction of sp³-hybridized carbons (Fsp3) is 0.292. The van der Waals surface area contributed by atoms with Crippen LogP contribution in [0.4, 0.5) is 0 Å². The quantitative estimate of drug-likeness (QED) is 0.547. The molecule has 0 radical (unpaired) electrons. The number of carbonyl (C=O) groups excluding carboxylic acids is 1. The van der Waals surface area contributed by atoms with Crippen molar-refractivity contribution in [1.29, 1.82) is 0 Å². The van der Waals surface area contributed by atoms with Crippen LogP contribution >= 0.6 is 0 Å². The second-order valence-electron chi connectivity index (χ2n) is 6.66. The molecule has 0 aliphatic carbocycles. The molecule has 3 rings (SSSR count). The average Bonchev–Trinajstić information content (AvgIpc) is 2.75. The molecule has 4 heteroatoms. The number of hydrogen-bond acceptors (Lipinski definition) is 3. The molecule has 0 heterocycles. The van der Waals surface area contributed by atoms with Gasteiger partial charge in [0.15, 0.2) is 6.10 Å². The molecule has 0 aliphatic heterocycles. The summed E-state index contributed by atoms with van der Waals surface area (Å²) in [6.45, 7) is 4.92. The normalized spacial score (nSPS) is 11.8. The van der Waals surface area contributed by atoms with Crippen molar-refractivity contribution in [3.63, 3.8) is 0 Å². The standard InChI is InChI=1S/C24H27NO3/c1-3-18-9-12-21(13-10-18)27-16-15-25-24(26)23(4-2)28-22-14-11-19-7-5-6-8-20(19)17-22/h5-14,17,23H,3-4,15-16H2,1-2H3,(H,25,26)/t23-/m0/s1. The second-order valence-corrected chi connectivity index (χ2v) is 6.66. The van der Waals surface area contributed by atoms with Crippen LogP contribution in [-0.4, -0.2) is 25.2 Å². The fourth-order valence-corrected chi connectivity index (χ4v) is 3.01. The van der Waals surface area contributed by atoms with Gasteiger partial charge in [0.2, 0.25) is 0 Å². The molecule has 0 bridgehead atoms. The van der Waals surface area contributed by atoms with E-state index >= 15 is 0 Å². The molecular weight excluding hydrogens is 350 g/mol. The highest BCUT2D eigenvalue weighted by atomic mass is 16.5. The number of rotatable bonds is 9. The summed E-state index contributed by atoms with van der Waals surface area (Å²) in [5.74, 6) is 1.39. The van der Waals surface area contributed by atoms with Crippen molar-refractivity contribution < 1.29 is 14.3 Å². The fourth-order valence-electron chi connectivity index (χ4n) is 3.01. The van der Waals surface area contributed by atoms with Gasteiger partial charge in [0.1, 0.15) is 18.1 Å². The van der Waals surface area contributed by atoms with Gasteiger partial charge in [-0.3, -0.25) is 4.79 Å². The largest absolute Gasteiger partial charge is 0.492 e. The first-order chi connectivity index (χ1) is 13.7. The molecule has 0 saturated heterocycles. The van der Waals surface area contributed by atoms with E-state index in [0.29, 0.717) is 25.3 Å². The van der Waals surface area contributed by atoms with Gasteiger partial charge in [-0.15, -0.1) is 0 Å². The predicted octanol–water partition coefficient (Wildman–Crippen LogP) is 4.75. The number of carbonyl (C=O) groups is 1. The zero-order valence-electron chi connectivity index (χ0n) is 16.5. The minimum Gasteiger partial charge on any atom is -0.492 e. The van der Waals surface area contributed by atoms with E-state index in [1.807, 2.05) is 55.5 Å². The van der Waals surface area contributed by atoms with Crippen LogP contribution < -0.4 is 14.8 Å². The van der Waals surface area contributed by atoms with E-state index in [-0.39, 0.29) is 5.91 Å². The predicted molar refractivity (Wildman–Crippen MR) is 113 cm³/mol. The molecule has 3 aromatic rings. The van der Waals surface area contributed by atoms with Crippen molar-refractivity contribution >= 4 is 16.7 Å². The molecule has 1 atom stereocenters. The van der Waals surface area contributed by atoms with Crippen molar-refractivity contribution in [3.8, 4) is 11.5 Å². The number of amides is 1. The van der Waals surface area contributed by atoms with Crippen LogP contribution in [0.25, 0.3) is 10.8 Å². The van der Waals surface area contributed by atoms with Crippen LogP contribution in [0.5, 0.6) is 11.5 Å². The summed E-state index contributed by atoms with van der Waals surface area (Å²) in [7, 11) is 0. The summed E-state index contributed by atoms with van der Waals surface area (Å²) < 4.78 is 11.6. The van der Waals surface area contributed by atoms with Crippen molar-refractivity contribution in [2.45, 2.75) is 32.8 Å². The molecule has 28 heavy (non-hydrogen) atoms. The number of hydrogen-bond donors (Lipinski definition) is 1. The Balaban J connectivity index is 1.48. The van der Waals surface area contributed by atoms with Gasteiger partial charge < -0.3 is 14.8 Å². The Morgan fingerprint density at radius 3 is 2.36 bits per heavy atom. The second kappa shape index (κ2) is 9.79. The zero-order valence-corrected chi connectivity index (χ0v) is 16.5. The van der Waals surface area contributed by atoms with Crippen LogP contribution in [0.2, 0.25) is 0 Å². The maximum Gasteiger partial charge on any atom is 0.261 e. The van der Waals surface area contributed by atoms with E-state index < -0.39 is 6.10 Å². The molecule has 1 amide bonds. The van der Waals surface area contributed by atoms with Gasteiger partial charge >= 0.3 is 0 Å². The van der Waals surface area contributed by atoms with Gasteiger partial charge in [0, 0.05) is 0 Å². The monoisotopic (exact) mass is 377 g/mol. The Labute approximate surface area is 166 Å². The molecule has 0 fully saturated rings. The Morgan fingerprint density at radius 2 is 1.64 bits per heavy atom. The molecular formula is C24H27NO3. The van der Waals surface area contributed by atoms with E-state index in [4.69, 9.17) is 9.47 Å². The SMILES string of the molecule is CCc1ccc(OCCNC(=O)[C@H](CC)Oc2ccc3ccccc3c2)cc1. The lowest BCUT2D eigenvalue weighted by Gasteiger charge is -2.18.